The number of hydrogen-bond donors (Lipinski definition) is 2. The first-order valence-electron chi connectivity index (χ1n) is 8.02. The Morgan fingerprint density at radius 1 is 1.14 bits per heavy atom. The van der Waals surface area contributed by atoms with Gasteiger partial charge in [-0.25, -0.2) is 13.8 Å². The van der Waals surface area contributed by atoms with E-state index in [9.17, 15) is 8.78 Å². The molecule has 21 heavy (non-hydrogen) atoms. The molecule has 0 spiro atoms. The van der Waals surface area contributed by atoms with Gasteiger partial charge in [-0.05, 0) is 32.1 Å². The largest absolute Gasteiger partial charge is 0.368 e. The highest BCUT2D eigenvalue weighted by atomic mass is 19.1. The molecule has 118 valence electrons. The van der Waals surface area contributed by atoms with Gasteiger partial charge in [0.25, 0.3) is 0 Å². The summed E-state index contributed by atoms with van der Waals surface area (Å²) in [4.78, 5) is 4.07. The third-order valence-corrected chi connectivity index (χ3v) is 4.25. The van der Waals surface area contributed by atoms with Crippen molar-refractivity contribution in [2.45, 2.75) is 58.4 Å². The van der Waals surface area contributed by atoms with Crippen LogP contribution >= 0.6 is 0 Å². The third-order valence-electron chi connectivity index (χ3n) is 4.25. The molecule has 1 fully saturated rings. The summed E-state index contributed by atoms with van der Waals surface area (Å²) in [5.41, 5.74) is 0. The second kappa shape index (κ2) is 7.57. The van der Waals surface area contributed by atoms with Gasteiger partial charge in [-0.15, -0.1) is 0 Å². The molecule has 5 heteroatoms. The van der Waals surface area contributed by atoms with Gasteiger partial charge in [-0.3, -0.25) is 0 Å². The Morgan fingerprint density at radius 3 is 2.43 bits per heavy atom. The van der Waals surface area contributed by atoms with E-state index in [1.54, 1.807) is 0 Å². The second-order valence-corrected chi connectivity index (χ2v) is 5.74. The highest BCUT2D eigenvalue weighted by Crippen LogP contribution is 2.30. The Labute approximate surface area is 125 Å². The van der Waals surface area contributed by atoms with E-state index in [1.807, 2.05) is 6.92 Å². The van der Waals surface area contributed by atoms with Gasteiger partial charge >= 0.3 is 0 Å². The summed E-state index contributed by atoms with van der Waals surface area (Å²) in [6.45, 7) is 4.50. The average molecular weight is 297 g/mol. The van der Waals surface area contributed by atoms with Crippen LogP contribution in [-0.4, -0.2) is 17.6 Å². The van der Waals surface area contributed by atoms with Gasteiger partial charge in [0.2, 0.25) is 0 Å². The van der Waals surface area contributed by atoms with Crippen molar-refractivity contribution in [2.75, 3.05) is 17.2 Å². The van der Waals surface area contributed by atoms with Crippen molar-refractivity contribution in [1.82, 2.24) is 4.98 Å². The minimum atomic E-state index is -0.648. The summed E-state index contributed by atoms with van der Waals surface area (Å²) < 4.78 is 27.5. The Hall–Kier alpha value is -1.39. The van der Waals surface area contributed by atoms with E-state index in [2.05, 4.69) is 22.5 Å². The summed E-state index contributed by atoms with van der Waals surface area (Å²) in [5.74, 6) is -0.448. The fraction of sp³-hybridized carbons (Fsp3) is 0.688. The number of aromatic nitrogens is 1. The maximum atomic E-state index is 13.9. The Kier molecular flexibility index (Phi) is 5.76. The Morgan fingerprint density at radius 2 is 1.81 bits per heavy atom. The molecule has 2 rings (SSSR count). The molecular formula is C16H25F2N3. The molecule has 1 aromatic rings. The average Bonchev–Trinajstić information content (AvgIpc) is 2.50. The molecule has 1 atom stereocenters. The molecule has 0 aromatic carbocycles. The van der Waals surface area contributed by atoms with Gasteiger partial charge in [0.05, 0.1) is 0 Å². The molecule has 1 saturated carbocycles. The molecule has 0 aliphatic heterocycles. The number of pyridine rings is 1. The Balaban J connectivity index is 2.14. The van der Waals surface area contributed by atoms with Gasteiger partial charge in [-0.1, -0.05) is 26.2 Å². The normalized spacial score (nSPS) is 17.5. The van der Waals surface area contributed by atoms with E-state index < -0.39 is 11.6 Å². The van der Waals surface area contributed by atoms with Gasteiger partial charge < -0.3 is 10.6 Å². The molecule has 2 N–H and O–H groups in total. The molecule has 1 unspecified atom stereocenters. The summed E-state index contributed by atoms with van der Waals surface area (Å²) >= 11 is 0. The molecule has 3 nitrogen and oxygen atoms in total. The zero-order valence-electron chi connectivity index (χ0n) is 12.9. The smallest absolute Gasteiger partial charge is 0.168 e. The van der Waals surface area contributed by atoms with Crippen LogP contribution in [0, 0.1) is 17.6 Å². The van der Waals surface area contributed by atoms with Crippen molar-refractivity contribution in [3.63, 3.8) is 0 Å². The fourth-order valence-electron chi connectivity index (χ4n) is 3.12. The van der Waals surface area contributed by atoms with Gasteiger partial charge in [0.15, 0.2) is 23.3 Å². The predicted octanol–water partition coefficient (Wildman–Crippen LogP) is 4.56. The van der Waals surface area contributed by atoms with Crippen molar-refractivity contribution in [1.29, 1.82) is 0 Å². The van der Waals surface area contributed by atoms with Crippen molar-refractivity contribution < 1.29 is 8.78 Å². The van der Waals surface area contributed by atoms with Crippen LogP contribution in [0.3, 0.4) is 0 Å². The van der Waals surface area contributed by atoms with Crippen LogP contribution in [0.15, 0.2) is 6.07 Å². The van der Waals surface area contributed by atoms with Crippen LogP contribution in [0.5, 0.6) is 0 Å². The lowest BCUT2D eigenvalue weighted by Gasteiger charge is -2.30. The van der Waals surface area contributed by atoms with Crippen LogP contribution in [0.4, 0.5) is 20.4 Å². The highest BCUT2D eigenvalue weighted by molar-refractivity contribution is 5.48. The topological polar surface area (TPSA) is 37.0 Å². The second-order valence-electron chi connectivity index (χ2n) is 5.74. The first-order valence-corrected chi connectivity index (χ1v) is 8.02. The van der Waals surface area contributed by atoms with Crippen molar-refractivity contribution in [3.05, 3.63) is 17.7 Å². The van der Waals surface area contributed by atoms with E-state index in [4.69, 9.17) is 0 Å². The monoisotopic (exact) mass is 297 g/mol. The highest BCUT2D eigenvalue weighted by Gasteiger charge is 2.24. The SMILES string of the molecule is CCNc1nc(NC(CC)C2CCCCC2)c(F)cc1F. The Bertz CT molecular complexity index is 459. The molecule has 1 heterocycles. The summed E-state index contributed by atoms with van der Waals surface area (Å²) in [6, 6.07) is 1.10. The first kappa shape index (κ1) is 16.0. The molecule has 0 amide bonds. The molecule has 0 radical (unpaired) electrons. The predicted molar refractivity (Wildman–Crippen MR) is 82.6 cm³/mol. The van der Waals surface area contributed by atoms with E-state index >= 15 is 0 Å². The number of nitrogens with one attached hydrogen (secondary N) is 2. The van der Waals surface area contributed by atoms with E-state index in [0.29, 0.717) is 12.5 Å². The summed E-state index contributed by atoms with van der Waals surface area (Å²) in [5, 5.41) is 6.02. The summed E-state index contributed by atoms with van der Waals surface area (Å²) in [7, 11) is 0. The molecular weight excluding hydrogens is 272 g/mol. The quantitative estimate of drug-likeness (QED) is 0.808. The number of rotatable bonds is 6. The number of hydrogen-bond acceptors (Lipinski definition) is 3. The van der Waals surface area contributed by atoms with E-state index in [1.165, 1.54) is 32.1 Å². The number of halogens is 2. The summed E-state index contributed by atoms with van der Waals surface area (Å²) in [6.07, 6.45) is 7.04. The minimum Gasteiger partial charge on any atom is -0.368 e. The lowest BCUT2D eigenvalue weighted by molar-refractivity contribution is 0.312. The molecule has 1 aromatic heterocycles. The maximum absolute atomic E-state index is 13.9. The van der Waals surface area contributed by atoms with Crippen molar-refractivity contribution >= 4 is 11.6 Å². The van der Waals surface area contributed by atoms with Crippen LogP contribution < -0.4 is 10.6 Å². The van der Waals surface area contributed by atoms with Crippen molar-refractivity contribution in [2.24, 2.45) is 5.92 Å². The number of nitrogens with zero attached hydrogens (tertiary/aromatic N) is 1. The zero-order valence-corrected chi connectivity index (χ0v) is 12.9. The third kappa shape index (κ3) is 4.05. The van der Waals surface area contributed by atoms with Gasteiger partial charge in [-0.2, -0.15) is 0 Å². The van der Waals surface area contributed by atoms with Gasteiger partial charge in [0.1, 0.15) is 0 Å². The fourth-order valence-corrected chi connectivity index (χ4v) is 3.12. The van der Waals surface area contributed by atoms with E-state index in [0.717, 1.165) is 12.5 Å². The van der Waals surface area contributed by atoms with E-state index in [-0.39, 0.29) is 17.7 Å². The first-order chi connectivity index (χ1) is 10.2. The lowest BCUT2D eigenvalue weighted by Crippen LogP contribution is -2.31. The molecule has 1 aliphatic rings. The minimum absolute atomic E-state index is 0.111. The van der Waals surface area contributed by atoms with Crippen LogP contribution in [0.2, 0.25) is 0 Å². The standard InChI is InChI=1S/C16H25F2N3/c1-3-14(11-8-6-5-7-9-11)20-16-13(18)10-12(17)15(21-16)19-4-2/h10-11,14H,3-9H2,1-2H3,(H2,19,20,21). The molecule has 0 bridgehead atoms. The number of anilines is 2. The lowest BCUT2D eigenvalue weighted by atomic mass is 9.83. The van der Waals surface area contributed by atoms with Crippen LogP contribution in [-0.2, 0) is 0 Å². The zero-order chi connectivity index (χ0) is 15.2. The molecule has 0 saturated heterocycles. The van der Waals surface area contributed by atoms with Crippen molar-refractivity contribution in [3.8, 4) is 0 Å². The maximum Gasteiger partial charge on any atom is 0.168 e. The van der Waals surface area contributed by atoms with Crippen LogP contribution in [0.1, 0.15) is 52.4 Å². The van der Waals surface area contributed by atoms with Crippen LogP contribution in [0.25, 0.3) is 0 Å². The molecule has 1 aliphatic carbocycles. The van der Waals surface area contributed by atoms with Gasteiger partial charge in [0, 0.05) is 18.7 Å².